The van der Waals surface area contributed by atoms with Gasteiger partial charge in [-0.2, -0.15) is 0 Å². The van der Waals surface area contributed by atoms with Crippen molar-refractivity contribution in [3.8, 4) is 22.3 Å². The van der Waals surface area contributed by atoms with Crippen molar-refractivity contribution in [1.82, 2.24) is 0 Å². The van der Waals surface area contributed by atoms with E-state index >= 15 is 0 Å². The van der Waals surface area contributed by atoms with Crippen molar-refractivity contribution in [3.63, 3.8) is 0 Å². The summed E-state index contributed by atoms with van der Waals surface area (Å²) in [6.45, 7) is 42.9. The molecule has 0 amide bonds. The summed E-state index contributed by atoms with van der Waals surface area (Å²) in [5.41, 5.74) is 35.0. The van der Waals surface area contributed by atoms with Gasteiger partial charge in [0.1, 0.15) is 0 Å². The Morgan fingerprint density at radius 1 is 0.167 bits per heavy atom. The maximum atomic E-state index is 2.65. The van der Waals surface area contributed by atoms with E-state index in [9.17, 15) is 0 Å². The zero-order valence-corrected chi connectivity index (χ0v) is 70.8. The van der Waals surface area contributed by atoms with E-state index in [1.165, 1.54) is 156 Å². The Bertz CT molecular complexity index is 5440. The summed E-state index contributed by atoms with van der Waals surface area (Å²) in [5, 5.41) is 0. The molecule has 0 spiro atoms. The lowest BCUT2D eigenvalue weighted by atomic mass is 9.70. The second-order valence-corrected chi connectivity index (χ2v) is 38.8. The van der Waals surface area contributed by atoms with E-state index < -0.39 is 0 Å². The fourth-order valence-corrected chi connectivity index (χ4v) is 19.1. The van der Waals surface area contributed by atoms with Crippen LogP contribution in [0.15, 0.2) is 340 Å². The van der Waals surface area contributed by atoms with E-state index in [0.29, 0.717) is 0 Å². The van der Waals surface area contributed by atoms with Gasteiger partial charge in [-0.3, -0.25) is 0 Å². The van der Waals surface area contributed by atoms with Crippen LogP contribution in [-0.2, 0) is 32.5 Å². The fraction of sp³-hybridized carbons (Fsp3) is 0.263. The maximum absolute atomic E-state index is 2.65. The van der Waals surface area contributed by atoms with Crippen LogP contribution in [0, 0.1) is 0 Å². The summed E-state index contributed by atoms with van der Waals surface area (Å²) in [7, 11) is 0. The summed E-state index contributed by atoms with van der Waals surface area (Å²) in [6, 6.07) is 133. The third-order valence-corrected chi connectivity index (χ3v) is 24.3. The van der Waals surface area contributed by atoms with Crippen LogP contribution in [-0.4, -0.2) is 0 Å². The van der Waals surface area contributed by atoms with Crippen LogP contribution >= 0.6 is 0 Å². The molecule has 0 N–H and O–H groups in total. The first kappa shape index (κ1) is 78.4. The van der Waals surface area contributed by atoms with Crippen molar-refractivity contribution < 1.29 is 0 Å². The molecular weight excluding hydrogens is 1370 g/mol. The summed E-state index contributed by atoms with van der Waals surface area (Å²) < 4.78 is 0. The Kier molecular flexibility index (Phi) is 21.4. The second-order valence-electron chi connectivity index (χ2n) is 38.8. The molecule has 8 bridgehead atoms. The third-order valence-electron chi connectivity index (χ3n) is 24.3. The molecule has 14 aromatic carbocycles. The second kappa shape index (κ2) is 31.1. The van der Waals surface area contributed by atoms with Crippen LogP contribution < -0.4 is 0 Å². The number of hydrogen-bond donors (Lipinski definition) is 0. The predicted molar refractivity (Wildman–Crippen MR) is 486 cm³/mol. The van der Waals surface area contributed by atoms with Crippen LogP contribution in [0.4, 0.5) is 0 Å². The number of benzene rings is 14. The lowest BCUT2D eigenvalue weighted by Crippen LogP contribution is -2.20. The molecule has 0 heteroatoms. The van der Waals surface area contributed by atoms with Crippen molar-refractivity contribution in [1.29, 1.82) is 0 Å². The van der Waals surface area contributed by atoms with Crippen LogP contribution in [0.25, 0.3) is 22.3 Å². The molecule has 0 heterocycles. The van der Waals surface area contributed by atoms with Crippen LogP contribution in [0.2, 0.25) is 0 Å². The van der Waals surface area contributed by atoms with Gasteiger partial charge in [-0.05, 0) is 188 Å². The fourth-order valence-electron chi connectivity index (χ4n) is 19.1. The molecule has 4 atom stereocenters. The van der Waals surface area contributed by atoms with Gasteiger partial charge in [-0.15, -0.1) is 0 Å². The lowest BCUT2D eigenvalue weighted by Gasteiger charge is -2.33. The highest BCUT2D eigenvalue weighted by Crippen LogP contribution is 2.51. The van der Waals surface area contributed by atoms with Crippen molar-refractivity contribution in [2.24, 2.45) is 0 Å². The van der Waals surface area contributed by atoms with Crippen molar-refractivity contribution in [3.05, 3.63) is 473 Å². The average molecular weight is 1490 g/mol. The summed E-state index contributed by atoms with van der Waals surface area (Å²) in [5.74, 6) is -0.749. The van der Waals surface area contributed by atoms with E-state index in [1.54, 1.807) is 0 Å². The summed E-state index contributed by atoms with van der Waals surface area (Å²) >= 11 is 0. The largest absolute Gasteiger partial charge is 0.0622 e. The monoisotopic (exact) mass is 1480 g/mol. The van der Waals surface area contributed by atoms with E-state index in [4.69, 9.17) is 0 Å². The molecule has 0 fully saturated rings. The topological polar surface area (TPSA) is 0 Å². The molecule has 15 rings (SSSR count). The van der Waals surface area contributed by atoms with Crippen molar-refractivity contribution in [2.75, 3.05) is 0 Å². The summed E-state index contributed by atoms with van der Waals surface area (Å²) in [6.07, 6.45) is 0. The Labute approximate surface area is 683 Å². The number of rotatable bonds is 12. The number of fused-ring (bicyclic) bond motifs is 8. The van der Waals surface area contributed by atoms with Gasteiger partial charge in [-0.1, -0.05) is 464 Å². The average Bonchev–Trinajstić information content (AvgIpc) is 0.743. The van der Waals surface area contributed by atoms with Gasteiger partial charge in [0.2, 0.25) is 0 Å². The van der Waals surface area contributed by atoms with Crippen molar-refractivity contribution in [2.45, 2.75) is 193 Å². The van der Waals surface area contributed by atoms with E-state index in [-0.39, 0.29) is 68.0 Å². The normalized spacial score (nSPS) is 16.1. The van der Waals surface area contributed by atoms with Crippen LogP contribution in [0.1, 0.15) is 294 Å². The van der Waals surface area contributed by atoms with Crippen LogP contribution in [0.5, 0.6) is 0 Å². The highest BCUT2D eigenvalue weighted by atomic mass is 14.4. The first-order valence-corrected chi connectivity index (χ1v) is 41.7. The highest BCUT2D eigenvalue weighted by molar-refractivity contribution is 5.73. The Hall–Kier alpha value is -10.9. The predicted octanol–water partition coefficient (Wildman–Crippen LogP) is 30.2. The lowest BCUT2D eigenvalue weighted by molar-refractivity contribution is 0.580. The zero-order chi connectivity index (χ0) is 80.2. The molecule has 114 heavy (non-hydrogen) atoms. The number of hydrogen-bond acceptors (Lipinski definition) is 0. The smallest absolute Gasteiger partial charge is 0.0343 e. The van der Waals surface area contributed by atoms with Gasteiger partial charge in [0.25, 0.3) is 0 Å². The molecule has 572 valence electrons. The third kappa shape index (κ3) is 16.1. The first-order valence-electron chi connectivity index (χ1n) is 41.7. The molecule has 0 aromatic heterocycles. The minimum absolute atomic E-state index is 0.0151. The molecule has 4 unspecified atom stereocenters. The quantitative estimate of drug-likeness (QED) is 0.107. The zero-order valence-electron chi connectivity index (χ0n) is 70.8. The van der Waals surface area contributed by atoms with E-state index in [1.807, 2.05) is 0 Å². The summed E-state index contributed by atoms with van der Waals surface area (Å²) in [4.78, 5) is 0. The Balaban J connectivity index is 1.08. The molecule has 1 aliphatic carbocycles. The first-order chi connectivity index (χ1) is 54.4. The van der Waals surface area contributed by atoms with E-state index in [2.05, 4.69) is 464 Å². The molecule has 14 aromatic rings. The van der Waals surface area contributed by atoms with Gasteiger partial charge < -0.3 is 0 Å². The Morgan fingerprint density at radius 3 is 0.649 bits per heavy atom. The minimum Gasteiger partial charge on any atom is -0.0622 e. The Morgan fingerprint density at radius 2 is 0.377 bits per heavy atom. The SMILES string of the molecule is CC(C)(C)c1ccccc1C(c1ccccc1)c1ccc(-c2cc3cc(c2)C(c2ccccc2C(C)(C)C)c2cc(-c4ccc(C(c5ccccc5)c5ccccc5C(C)(C)C)cc4)cc(c2)C(c2ccccc2C(C)(C)C)c2cccc(c2)C(c2ccccc2C(C)(C)C)c2cccc(c2)C3c2ccccc2C(C)(C)C)cc1. The molecule has 0 radical (unpaired) electrons. The molecular formula is C114H116. The maximum Gasteiger partial charge on any atom is 0.0343 e. The van der Waals surface area contributed by atoms with Gasteiger partial charge in [-0.25, -0.2) is 0 Å². The van der Waals surface area contributed by atoms with Gasteiger partial charge in [0.05, 0.1) is 0 Å². The molecule has 1 aliphatic rings. The van der Waals surface area contributed by atoms with Crippen molar-refractivity contribution >= 4 is 0 Å². The standard InChI is InChI=1S/C114H116/c1-109(2,3)97-53-31-25-47-91(97)103(77-39-21-19-22-40-77)79-63-59-75(60-64-79)85-69-87-73-89(71-85)108(96-52-30-36-58-102(96)114(16,17)18)90-72-86(76-61-65-80(66-62-76)104(78-41-23-20-24-42-78)92-48-26-32-54-98(92)110(4,5)6)70-88(74-90)107(95-51-29-35-57-101(95)113(13,14)15)84-46-38-44-82(68-84)105(93-49-27-33-55-99(93)111(7,8)9)81-43-37-45-83(67-81)106(87)94-50-28-34-56-100(94)112(10,11)12/h19-74,103-108H,1-18H3. The van der Waals surface area contributed by atoms with Gasteiger partial charge >= 0.3 is 0 Å². The van der Waals surface area contributed by atoms with Gasteiger partial charge in [0.15, 0.2) is 0 Å². The van der Waals surface area contributed by atoms with E-state index in [0.717, 1.165) is 0 Å². The van der Waals surface area contributed by atoms with Crippen LogP contribution in [0.3, 0.4) is 0 Å². The minimum atomic E-state index is -0.259. The molecule has 0 saturated heterocycles. The van der Waals surface area contributed by atoms with Gasteiger partial charge in [0, 0.05) is 35.5 Å². The molecule has 0 saturated carbocycles. The molecule has 0 nitrogen and oxygen atoms in total. The highest BCUT2D eigenvalue weighted by Gasteiger charge is 2.36. The molecule has 0 aliphatic heterocycles.